The molecule has 1 aromatic carbocycles. The molecule has 1 fully saturated rings. The quantitative estimate of drug-likeness (QED) is 0.839. The molecule has 1 aliphatic carbocycles. The van der Waals surface area contributed by atoms with Crippen molar-refractivity contribution in [2.24, 2.45) is 0 Å². The van der Waals surface area contributed by atoms with Crippen molar-refractivity contribution in [3.05, 3.63) is 27.6 Å². The molecule has 0 heterocycles. The molecule has 2 unspecified atom stereocenters. The van der Waals surface area contributed by atoms with Gasteiger partial charge >= 0.3 is 0 Å². The van der Waals surface area contributed by atoms with Gasteiger partial charge in [0.2, 0.25) is 0 Å². The first-order valence-electron chi connectivity index (χ1n) is 5.95. The number of benzene rings is 1. The number of ether oxygens (including phenoxy) is 1. The number of hydrogen-bond donors (Lipinski definition) is 1. The minimum Gasteiger partial charge on any atom is -0.379 e. The fourth-order valence-electron chi connectivity index (χ4n) is 2.35. The van der Waals surface area contributed by atoms with Crippen molar-refractivity contribution in [2.75, 3.05) is 12.4 Å². The summed E-state index contributed by atoms with van der Waals surface area (Å²) >= 11 is 2.16. The maximum absolute atomic E-state index is 13.0. The summed E-state index contributed by atoms with van der Waals surface area (Å²) in [6.45, 7) is 0. The van der Waals surface area contributed by atoms with E-state index in [9.17, 15) is 4.39 Å². The van der Waals surface area contributed by atoms with E-state index in [2.05, 4.69) is 27.9 Å². The van der Waals surface area contributed by atoms with Gasteiger partial charge < -0.3 is 10.1 Å². The summed E-state index contributed by atoms with van der Waals surface area (Å²) < 4.78 is 19.4. The zero-order chi connectivity index (χ0) is 12.3. The van der Waals surface area contributed by atoms with Gasteiger partial charge in [-0.15, -0.1) is 0 Å². The van der Waals surface area contributed by atoms with Gasteiger partial charge in [-0.2, -0.15) is 0 Å². The highest BCUT2D eigenvalue weighted by atomic mass is 127. The Bertz CT molecular complexity index is 386. The molecule has 0 spiro atoms. The van der Waals surface area contributed by atoms with Gasteiger partial charge in [0.05, 0.1) is 12.1 Å². The fourth-order valence-corrected chi connectivity index (χ4v) is 2.98. The number of anilines is 1. The van der Waals surface area contributed by atoms with Crippen molar-refractivity contribution in [3.8, 4) is 0 Å². The van der Waals surface area contributed by atoms with Gasteiger partial charge in [-0.3, -0.25) is 0 Å². The maximum Gasteiger partial charge on any atom is 0.124 e. The first kappa shape index (κ1) is 13.1. The Morgan fingerprint density at radius 2 is 2.12 bits per heavy atom. The molecule has 0 amide bonds. The predicted octanol–water partition coefficient (Wildman–Crippen LogP) is 3.80. The van der Waals surface area contributed by atoms with Crippen LogP contribution in [0.4, 0.5) is 10.1 Å². The number of hydrogen-bond acceptors (Lipinski definition) is 2. The molecule has 4 heteroatoms. The lowest BCUT2D eigenvalue weighted by Gasteiger charge is -2.32. The van der Waals surface area contributed by atoms with E-state index in [-0.39, 0.29) is 11.9 Å². The number of nitrogens with one attached hydrogen (secondary N) is 1. The summed E-state index contributed by atoms with van der Waals surface area (Å²) in [5.74, 6) is -0.188. The predicted molar refractivity (Wildman–Crippen MR) is 75.8 cm³/mol. The van der Waals surface area contributed by atoms with Gasteiger partial charge in [-0.1, -0.05) is 12.8 Å². The van der Waals surface area contributed by atoms with Crippen molar-refractivity contribution in [2.45, 2.75) is 37.8 Å². The lowest BCUT2D eigenvalue weighted by molar-refractivity contribution is 0.0606. The minimum atomic E-state index is -0.188. The van der Waals surface area contributed by atoms with Gasteiger partial charge in [0.15, 0.2) is 0 Å². The number of methoxy groups -OCH3 is 1. The van der Waals surface area contributed by atoms with E-state index in [4.69, 9.17) is 4.74 Å². The smallest absolute Gasteiger partial charge is 0.124 e. The number of halogens is 2. The Balaban J connectivity index is 2.08. The fraction of sp³-hybridized carbons (Fsp3) is 0.538. The van der Waals surface area contributed by atoms with E-state index in [1.165, 1.54) is 18.9 Å². The van der Waals surface area contributed by atoms with E-state index in [1.54, 1.807) is 19.2 Å². The molecular formula is C13H17FINO. The lowest BCUT2D eigenvalue weighted by atomic mass is 9.92. The van der Waals surface area contributed by atoms with Crippen molar-refractivity contribution >= 4 is 28.3 Å². The molecule has 0 radical (unpaired) electrons. The third-order valence-electron chi connectivity index (χ3n) is 3.28. The first-order chi connectivity index (χ1) is 8.20. The second-order valence-electron chi connectivity index (χ2n) is 4.43. The molecule has 2 rings (SSSR count). The van der Waals surface area contributed by atoms with Crippen LogP contribution in [0.5, 0.6) is 0 Å². The highest BCUT2D eigenvalue weighted by molar-refractivity contribution is 14.1. The monoisotopic (exact) mass is 349 g/mol. The van der Waals surface area contributed by atoms with Gasteiger partial charge in [-0.05, 0) is 53.6 Å². The standard InChI is InChI=1S/C13H17FINO/c1-17-13-5-3-2-4-12(13)16-11-7-6-9(14)8-10(11)15/h6-8,12-13,16H,2-5H2,1H3. The van der Waals surface area contributed by atoms with Gasteiger partial charge in [0.25, 0.3) is 0 Å². The summed E-state index contributed by atoms with van der Waals surface area (Å²) in [4.78, 5) is 0. The van der Waals surface area contributed by atoms with E-state index in [1.807, 2.05) is 0 Å². The molecule has 1 aromatic rings. The Labute approximate surface area is 115 Å². The van der Waals surface area contributed by atoms with Crippen LogP contribution in [0.3, 0.4) is 0 Å². The van der Waals surface area contributed by atoms with Crippen molar-refractivity contribution in [1.29, 1.82) is 0 Å². The maximum atomic E-state index is 13.0. The van der Waals surface area contributed by atoms with Crippen LogP contribution < -0.4 is 5.32 Å². The SMILES string of the molecule is COC1CCCCC1Nc1ccc(F)cc1I. The third kappa shape index (κ3) is 3.31. The van der Waals surface area contributed by atoms with Crippen molar-refractivity contribution in [1.82, 2.24) is 0 Å². The van der Waals surface area contributed by atoms with Crippen LogP contribution >= 0.6 is 22.6 Å². The average Bonchev–Trinajstić information content (AvgIpc) is 2.33. The average molecular weight is 349 g/mol. The second-order valence-corrected chi connectivity index (χ2v) is 5.60. The molecule has 94 valence electrons. The summed E-state index contributed by atoms with van der Waals surface area (Å²) in [7, 11) is 1.76. The highest BCUT2D eigenvalue weighted by Gasteiger charge is 2.25. The highest BCUT2D eigenvalue weighted by Crippen LogP contribution is 2.26. The molecule has 1 saturated carbocycles. The van der Waals surface area contributed by atoms with Crippen molar-refractivity contribution in [3.63, 3.8) is 0 Å². The molecule has 0 aromatic heterocycles. The minimum absolute atomic E-state index is 0.188. The van der Waals surface area contributed by atoms with Gasteiger partial charge in [0.1, 0.15) is 5.82 Å². The van der Waals surface area contributed by atoms with Crippen LogP contribution in [0.15, 0.2) is 18.2 Å². The summed E-state index contributed by atoms with van der Waals surface area (Å²) in [5, 5.41) is 3.48. The summed E-state index contributed by atoms with van der Waals surface area (Å²) in [6, 6.07) is 5.19. The Morgan fingerprint density at radius 1 is 1.35 bits per heavy atom. The van der Waals surface area contributed by atoms with Crippen molar-refractivity contribution < 1.29 is 9.13 Å². The molecular weight excluding hydrogens is 332 g/mol. The Hall–Kier alpha value is -0.360. The Kier molecular flexibility index (Phi) is 4.62. The Morgan fingerprint density at radius 3 is 2.82 bits per heavy atom. The lowest BCUT2D eigenvalue weighted by Crippen LogP contribution is -2.37. The van der Waals surface area contributed by atoms with E-state index in [0.717, 1.165) is 22.1 Å². The molecule has 1 N–H and O–H groups in total. The van der Waals surface area contributed by atoms with Crippen LogP contribution in [0.2, 0.25) is 0 Å². The molecule has 0 saturated heterocycles. The first-order valence-corrected chi connectivity index (χ1v) is 7.03. The topological polar surface area (TPSA) is 21.3 Å². The largest absolute Gasteiger partial charge is 0.379 e. The van der Waals surface area contributed by atoms with Crippen LogP contribution in [0.1, 0.15) is 25.7 Å². The molecule has 2 nitrogen and oxygen atoms in total. The zero-order valence-electron chi connectivity index (χ0n) is 9.88. The van der Waals surface area contributed by atoms with Gasteiger partial charge in [-0.25, -0.2) is 4.39 Å². The molecule has 0 bridgehead atoms. The molecule has 0 aliphatic heterocycles. The third-order valence-corrected chi connectivity index (χ3v) is 4.17. The zero-order valence-corrected chi connectivity index (χ0v) is 12.0. The summed E-state index contributed by atoms with van der Waals surface area (Å²) in [5.41, 5.74) is 1.00. The van der Waals surface area contributed by atoms with E-state index < -0.39 is 0 Å². The summed E-state index contributed by atoms with van der Waals surface area (Å²) in [6.07, 6.45) is 4.95. The van der Waals surface area contributed by atoms with E-state index in [0.29, 0.717) is 6.04 Å². The van der Waals surface area contributed by atoms with Crippen LogP contribution in [-0.4, -0.2) is 19.3 Å². The molecule has 17 heavy (non-hydrogen) atoms. The van der Waals surface area contributed by atoms with E-state index >= 15 is 0 Å². The van der Waals surface area contributed by atoms with Crippen LogP contribution in [0.25, 0.3) is 0 Å². The number of rotatable bonds is 3. The normalized spacial score (nSPS) is 24.6. The molecule has 2 atom stereocenters. The molecule has 1 aliphatic rings. The second kappa shape index (κ2) is 6.00. The van der Waals surface area contributed by atoms with Gasteiger partial charge in [0, 0.05) is 16.4 Å². The van der Waals surface area contributed by atoms with Crippen LogP contribution in [0, 0.1) is 9.39 Å². The van der Waals surface area contributed by atoms with Crippen LogP contribution in [-0.2, 0) is 4.74 Å².